The first kappa shape index (κ1) is 23.5. The summed E-state index contributed by atoms with van der Waals surface area (Å²) in [6, 6.07) is 11.3. The Labute approximate surface area is 190 Å². The van der Waals surface area contributed by atoms with Crippen LogP contribution in [0.4, 0.5) is 21.6 Å². The van der Waals surface area contributed by atoms with Gasteiger partial charge in [0.1, 0.15) is 5.67 Å². The molecule has 5 nitrogen and oxygen atoms in total. The maximum absolute atomic E-state index is 14.3. The molecule has 2 aromatic rings. The number of anilines is 3. The maximum atomic E-state index is 14.3. The van der Waals surface area contributed by atoms with Crippen LogP contribution in [0.5, 0.6) is 0 Å². The van der Waals surface area contributed by atoms with Crippen LogP contribution in [0.1, 0.15) is 52.0 Å². The Morgan fingerprint density at radius 1 is 1.16 bits per heavy atom. The van der Waals surface area contributed by atoms with Gasteiger partial charge in [-0.25, -0.2) is 9.37 Å². The van der Waals surface area contributed by atoms with Crippen LogP contribution in [0.15, 0.2) is 61.4 Å². The number of nitrogen functional groups attached to an aromatic ring is 1. The number of hydrogen-bond donors (Lipinski definition) is 2. The number of benzene rings is 1. The van der Waals surface area contributed by atoms with Gasteiger partial charge >= 0.3 is 0 Å². The number of carbonyl (C=O) groups is 1. The molecule has 170 valence electrons. The molecule has 1 aliphatic carbocycles. The van der Waals surface area contributed by atoms with Crippen molar-refractivity contribution < 1.29 is 9.18 Å². The number of allylic oxidation sites excluding steroid dienone is 1. The molecule has 0 radical (unpaired) electrons. The lowest BCUT2D eigenvalue weighted by atomic mass is 9.69. The van der Waals surface area contributed by atoms with Crippen LogP contribution in [0, 0.1) is 5.41 Å². The SMILES string of the molecule is C=C(CN(C(=C)C1(C)CCC(C)(F)CC1)C(C)=O)c1ccc(Nc2ncccc2N)cc1. The molecule has 0 unspecified atom stereocenters. The van der Waals surface area contributed by atoms with Crippen molar-refractivity contribution in [3.63, 3.8) is 0 Å². The third-order valence-electron chi connectivity index (χ3n) is 6.54. The lowest BCUT2D eigenvalue weighted by molar-refractivity contribution is -0.127. The Bertz CT molecular complexity index is 1000. The van der Waals surface area contributed by atoms with Gasteiger partial charge in [0, 0.05) is 29.9 Å². The van der Waals surface area contributed by atoms with Crippen LogP contribution in [-0.2, 0) is 4.79 Å². The van der Waals surface area contributed by atoms with E-state index >= 15 is 0 Å². The molecule has 32 heavy (non-hydrogen) atoms. The summed E-state index contributed by atoms with van der Waals surface area (Å²) in [7, 11) is 0. The summed E-state index contributed by atoms with van der Waals surface area (Å²) in [6.07, 6.45) is 3.98. The zero-order valence-corrected chi connectivity index (χ0v) is 19.2. The van der Waals surface area contributed by atoms with Crippen molar-refractivity contribution >= 4 is 28.7 Å². The molecular weight excluding hydrogens is 403 g/mol. The first-order valence-electron chi connectivity index (χ1n) is 10.9. The van der Waals surface area contributed by atoms with Crippen molar-refractivity contribution in [3.05, 3.63) is 67.0 Å². The van der Waals surface area contributed by atoms with Crippen molar-refractivity contribution in [1.82, 2.24) is 9.88 Å². The molecule has 0 bridgehead atoms. The van der Waals surface area contributed by atoms with Gasteiger partial charge in [0.25, 0.3) is 0 Å². The Balaban J connectivity index is 1.69. The molecule has 1 amide bonds. The quantitative estimate of drug-likeness (QED) is 0.551. The normalized spacial score (nSPS) is 22.8. The zero-order chi connectivity index (χ0) is 23.5. The molecule has 3 N–H and O–H groups in total. The van der Waals surface area contributed by atoms with E-state index in [-0.39, 0.29) is 11.3 Å². The number of alkyl halides is 1. The number of hydrogen-bond acceptors (Lipinski definition) is 4. The number of pyridine rings is 1. The molecule has 0 spiro atoms. The fourth-order valence-corrected chi connectivity index (χ4v) is 4.06. The van der Waals surface area contributed by atoms with E-state index in [1.807, 2.05) is 24.3 Å². The summed E-state index contributed by atoms with van der Waals surface area (Å²) in [5.41, 5.74) is 8.40. The molecule has 0 saturated heterocycles. The van der Waals surface area contributed by atoms with Crippen molar-refractivity contribution in [1.29, 1.82) is 0 Å². The summed E-state index contributed by atoms with van der Waals surface area (Å²) in [4.78, 5) is 18.4. The zero-order valence-electron chi connectivity index (χ0n) is 19.2. The van der Waals surface area contributed by atoms with E-state index in [0.717, 1.165) is 22.5 Å². The second kappa shape index (κ2) is 9.15. The molecule has 1 aromatic carbocycles. The third-order valence-corrected chi connectivity index (χ3v) is 6.54. The van der Waals surface area contributed by atoms with E-state index < -0.39 is 5.67 Å². The standard InChI is InChI=1S/C26H33FN4O/c1-18(21-8-10-22(11-9-21)30-24-23(28)7-6-16-29-24)17-31(20(3)32)19(2)25(4)12-14-26(5,27)15-13-25/h6-11,16H,1-2,12-15,17,28H2,3-5H3,(H,29,30). The van der Waals surface area contributed by atoms with Gasteiger partial charge in [-0.05, 0) is 68.0 Å². The van der Waals surface area contributed by atoms with Gasteiger partial charge in [-0.2, -0.15) is 0 Å². The van der Waals surface area contributed by atoms with Crippen molar-refractivity contribution in [2.45, 2.75) is 52.1 Å². The van der Waals surface area contributed by atoms with Gasteiger partial charge < -0.3 is 16.0 Å². The van der Waals surface area contributed by atoms with Crippen LogP contribution in [0.25, 0.3) is 5.57 Å². The average Bonchev–Trinajstić information content (AvgIpc) is 2.75. The first-order valence-corrected chi connectivity index (χ1v) is 10.9. The van der Waals surface area contributed by atoms with Crippen LogP contribution >= 0.6 is 0 Å². The van der Waals surface area contributed by atoms with E-state index in [0.29, 0.717) is 43.7 Å². The van der Waals surface area contributed by atoms with Gasteiger partial charge in [0.15, 0.2) is 5.82 Å². The van der Waals surface area contributed by atoms with Gasteiger partial charge in [0.2, 0.25) is 5.91 Å². The molecular formula is C26H33FN4O. The highest BCUT2D eigenvalue weighted by molar-refractivity contribution is 5.79. The molecule has 1 aliphatic rings. The number of carbonyl (C=O) groups excluding carboxylic acids is 1. The highest BCUT2D eigenvalue weighted by atomic mass is 19.1. The second-order valence-electron chi connectivity index (χ2n) is 9.27. The van der Waals surface area contributed by atoms with Crippen LogP contribution in [-0.4, -0.2) is 28.0 Å². The van der Waals surface area contributed by atoms with Gasteiger partial charge in [0.05, 0.1) is 12.2 Å². The minimum Gasteiger partial charge on any atom is -0.396 e. The minimum absolute atomic E-state index is 0.0881. The number of amides is 1. The topological polar surface area (TPSA) is 71.2 Å². The predicted molar refractivity (Wildman–Crippen MR) is 130 cm³/mol. The molecule has 0 atom stereocenters. The molecule has 3 rings (SSSR count). The predicted octanol–water partition coefficient (Wildman–Crippen LogP) is 6.09. The van der Waals surface area contributed by atoms with Gasteiger partial charge in [-0.3, -0.25) is 4.79 Å². The second-order valence-corrected chi connectivity index (χ2v) is 9.27. The molecule has 1 saturated carbocycles. The number of nitrogens with one attached hydrogen (secondary N) is 1. The molecule has 1 aromatic heterocycles. The van der Waals surface area contributed by atoms with E-state index in [1.54, 1.807) is 30.2 Å². The summed E-state index contributed by atoms with van der Waals surface area (Å²) >= 11 is 0. The lowest BCUT2D eigenvalue weighted by Crippen LogP contribution is -2.41. The van der Waals surface area contributed by atoms with Crippen LogP contribution < -0.4 is 11.1 Å². The molecule has 1 heterocycles. The lowest BCUT2D eigenvalue weighted by Gasteiger charge is -2.43. The number of nitrogens with two attached hydrogens (primary N) is 1. The maximum Gasteiger partial charge on any atom is 0.223 e. The Morgan fingerprint density at radius 3 is 2.34 bits per heavy atom. The van der Waals surface area contributed by atoms with Crippen LogP contribution in [0.2, 0.25) is 0 Å². The Hall–Kier alpha value is -3.15. The average molecular weight is 437 g/mol. The van der Waals surface area contributed by atoms with E-state index in [4.69, 9.17) is 5.73 Å². The molecule has 1 fully saturated rings. The highest BCUT2D eigenvalue weighted by Gasteiger charge is 2.41. The fourth-order valence-electron chi connectivity index (χ4n) is 4.06. The third kappa shape index (κ3) is 5.36. The van der Waals surface area contributed by atoms with Crippen molar-refractivity contribution in [2.24, 2.45) is 5.41 Å². The van der Waals surface area contributed by atoms with Gasteiger partial charge in [-0.15, -0.1) is 0 Å². The highest BCUT2D eigenvalue weighted by Crippen LogP contribution is 2.47. The monoisotopic (exact) mass is 436 g/mol. The Kier molecular flexibility index (Phi) is 6.72. The minimum atomic E-state index is -1.14. The number of aromatic nitrogens is 1. The summed E-state index contributed by atoms with van der Waals surface area (Å²) in [5, 5.41) is 3.20. The van der Waals surface area contributed by atoms with Crippen molar-refractivity contribution in [3.8, 4) is 0 Å². The molecule has 6 heteroatoms. The summed E-state index contributed by atoms with van der Waals surface area (Å²) in [6.45, 7) is 14.1. The largest absolute Gasteiger partial charge is 0.396 e. The Morgan fingerprint density at radius 2 is 1.78 bits per heavy atom. The van der Waals surface area contributed by atoms with Crippen LogP contribution in [0.3, 0.4) is 0 Å². The van der Waals surface area contributed by atoms with Crippen molar-refractivity contribution in [2.75, 3.05) is 17.6 Å². The molecule has 0 aliphatic heterocycles. The van der Waals surface area contributed by atoms with E-state index in [2.05, 4.69) is 30.4 Å². The first-order chi connectivity index (χ1) is 15.0. The number of rotatable bonds is 7. The fraction of sp³-hybridized carbons (Fsp3) is 0.385. The summed E-state index contributed by atoms with van der Waals surface area (Å²) in [5.74, 6) is 0.512. The smallest absolute Gasteiger partial charge is 0.223 e. The van der Waals surface area contributed by atoms with E-state index in [1.165, 1.54) is 6.92 Å². The van der Waals surface area contributed by atoms with E-state index in [9.17, 15) is 9.18 Å². The summed E-state index contributed by atoms with van der Waals surface area (Å²) < 4.78 is 14.3. The number of halogens is 1. The van der Waals surface area contributed by atoms with Gasteiger partial charge in [-0.1, -0.05) is 32.2 Å². The number of nitrogens with zero attached hydrogens (tertiary/aromatic N) is 2.